The Bertz CT molecular complexity index is 956. The summed E-state index contributed by atoms with van der Waals surface area (Å²) in [6.45, 7) is 8.32. The van der Waals surface area contributed by atoms with E-state index in [1.165, 1.54) is 24.6 Å². The largest absolute Gasteiger partial charge is 0.353 e. The van der Waals surface area contributed by atoms with Gasteiger partial charge in [0.05, 0.1) is 22.4 Å². The number of amides is 2. The molecule has 1 aliphatic rings. The van der Waals surface area contributed by atoms with Gasteiger partial charge in [-0.1, -0.05) is 68.3 Å². The lowest BCUT2D eigenvalue weighted by molar-refractivity contribution is -0.119. The Labute approximate surface area is 198 Å². The van der Waals surface area contributed by atoms with Crippen molar-refractivity contribution in [2.45, 2.75) is 63.3 Å². The number of hydrogen-bond acceptors (Lipinski definition) is 5. The second-order valence-electron chi connectivity index (χ2n) is 8.25. The molecule has 2 amide bonds. The van der Waals surface area contributed by atoms with E-state index in [9.17, 15) is 9.59 Å². The van der Waals surface area contributed by atoms with Gasteiger partial charge in [0, 0.05) is 12.6 Å². The van der Waals surface area contributed by atoms with Gasteiger partial charge in [-0.05, 0) is 30.9 Å². The van der Waals surface area contributed by atoms with Crippen LogP contribution in [0.2, 0.25) is 5.02 Å². The second-order valence-corrected chi connectivity index (χ2v) is 9.60. The standard InChI is InChI=1S/C23H30ClN5O2S/c1-4-13-29-21(20(15(2)3)26-22(31)17-11-7-8-12-18(17)24)27-28-23(29)32-14-19(30)25-16-9-5-6-10-16/h4,7-8,11-12,15-16,20H,1,5-6,9-10,13-14H2,2-3H3,(H,25,30)(H,26,31). The molecule has 1 atom stereocenters. The highest BCUT2D eigenvalue weighted by Gasteiger charge is 2.27. The lowest BCUT2D eigenvalue weighted by atomic mass is 10.0. The van der Waals surface area contributed by atoms with Crippen LogP contribution in [0.15, 0.2) is 42.1 Å². The summed E-state index contributed by atoms with van der Waals surface area (Å²) < 4.78 is 1.90. The first-order valence-electron chi connectivity index (χ1n) is 10.9. The molecule has 0 aliphatic heterocycles. The van der Waals surface area contributed by atoms with E-state index >= 15 is 0 Å². The van der Waals surface area contributed by atoms with Gasteiger partial charge in [-0.2, -0.15) is 0 Å². The maximum atomic E-state index is 12.9. The average molecular weight is 476 g/mol. The van der Waals surface area contributed by atoms with Gasteiger partial charge in [-0.15, -0.1) is 16.8 Å². The van der Waals surface area contributed by atoms with Crippen molar-refractivity contribution in [2.75, 3.05) is 5.75 Å². The van der Waals surface area contributed by atoms with Crippen molar-refractivity contribution < 1.29 is 9.59 Å². The minimum Gasteiger partial charge on any atom is -0.353 e. The van der Waals surface area contributed by atoms with Gasteiger partial charge >= 0.3 is 0 Å². The molecule has 1 heterocycles. The number of thioether (sulfide) groups is 1. The number of carbonyl (C=O) groups excluding carboxylic acids is 2. The summed E-state index contributed by atoms with van der Waals surface area (Å²) in [6.07, 6.45) is 6.20. The van der Waals surface area contributed by atoms with Crippen molar-refractivity contribution in [3.63, 3.8) is 0 Å². The third-order valence-electron chi connectivity index (χ3n) is 5.46. The van der Waals surface area contributed by atoms with E-state index < -0.39 is 0 Å². The number of aromatic nitrogens is 3. The summed E-state index contributed by atoms with van der Waals surface area (Å²) in [5.74, 6) is 0.678. The van der Waals surface area contributed by atoms with Crippen molar-refractivity contribution in [1.29, 1.82) is 0 Å². The molecular formula is C23H30ClN5O2S. The molecule has 1 aromatic carbocycles. The summed E-state index contributed by atoms with van der Waals surface area (Å²) in [7, 11) is 0. The number of rotatable bonds is 10. The maximum Gasteiger partial charge on any atom is 0.253 e. The summed E-state index contributed by atoms with van der Waals surface area (Å²) >= 11 is 7.54. The minimum absolute atomic E-state index is 0.00374. The predicted molar refractivity (Wildman–Crippen MR) is 128 cm³/mol. The summed E-state index contributed by atoms with van der Waals surface area (Å²) in [4.78, 5) is 25.2. The van der Waals surface area contributed by atoms with Crippen LogP contribution in [0.5, 0.6) is 0 Å². The number of allylic oxidation sites excluding steroid dienone is 1. The lowest BCUT2D eigenvalue weighted by Crippen LogP contribution is -2.34. The van der Waals surface area contributed by atoms with Gasteiger partial charge < -0.3 is 15.2 Å². The minimum atomic E-state index is -0.382. The number of nitrogens with zero attached hydrogens (tertiary/aromatic N) is 3. The van der Waals surface area contributed by atoms with Gasteiger partial charge in [0.25, 0.3) is 5.91 Å². The first-order chi connectivity index (χ1) is 15.4. The molecule has 9 heteroatoms. The van der Waals surface area contributed by atoms with Crippen LogP contribution in [-0.4, -0.2) is 38.4 Å². The highest BCUT2D eigenvalue weighted by Crippen LogP contribution is 2.26. The quantitative estimate of drug-likeness (QED) is 0.393. The first-order valence-corrected chi connectivity index (χ1v) is 12.3. The normalized spacial score (nSPS) is 15.0. The fourth-order valence-corrected chi connectivity index (χ4v) is 4.79. The van der Waals surface area contributed by atoms with E-state index in [4.69, 9.17) is 11.6 Å². The molecule has 32 heavy (non-hydrogen) atoms. The number of nitrogens with one attached hydrogen (secondary N) is 2. The van der Waals surface area contributed by atoms with Crippen molar-refractivity contribution in [2.24, 2.45) is 5.92 Å². The highest BCUT2D eigenvalue weighted by molar-refractivity contribution is 7.99. The molecule has 2 N–H and O–H groups in total. The molecule has 1 saturated carbocycles. The van der Waals surface area contributed by atoms with Gasteiger partial charge in [0.2, 0.25) is 5.91 Å². The van der Waals surface area contributed by atoms with Crippen molar-refractivity contribution in [3.8, 4) is 0 Å². The van der Waals surface area contributed by atoms with E-state index in [0.717, 1.165) is 12.8 Å². The monoisotopic (exact) mass is 475 g/mol. The number of benzene rings is 1. The van der Waals surface area contributed by atoms with E-state index in [0.29, 0.717) is 28.1 Å². The maximum absolute atomic E-state index is 12.9. The third kappa shape index (κ3) is 6.13. The SMILES string of the molecule is C=CCn1c(SCC(=O)NC2CCCC2)nnc1C(NC(=O)c1ccccc1Cl)C(C)C. The fourth-order valence-electron chi connectivity index (χ4n) is 3.80. The Hall–Kier alpha value is -2.32. The van der Waals surface area contributed by atoms with Crippen LogP contribution in [0.3, 0.4) is 0 Å². The molecule has 1 fully saturated rings. The molecule has 3 rings (SSSR count). The van der Waals surface area contributed by atoms with Gasteiger partial charge in [-0.3, -0.25) is 9.59 Å². The van der Waals surface area contributed by atoms with E-state index in [1.807, 2.05) is 18.4 Å². The van der Waals surface area contributed by atoms with Crippen LogP contribution in [0.1, 0.15) is 61.8 Å². The molecule has 0 radical (unpaired) electrons. The van der Waals surface area contributed by atoms with E-state index in [1.54, 1.807) is 30.3 Å². The highest BCUT2D eigenvalue weighted by atomic mass is 35.5. The Kier molecular flexibility index (Phi) is 8.75. The van der Waals surface area contributed by atoms with E-state index in [2.05, 4.69) is 27.4 Å². The number of carbonyl (C=O) groups is 2. The molecular weight excluding hydrogens is 446 g/mol. The van der Waals surface area contributed by atoms with Crippen LogP contribution >= 0.6 is 23.4 Å². The van der Waals surface area contributed by atoms with Gasteiger partial charge in [0.1, 0.15) is 0 Å². The van der Waals surface area contributed by atoms with Crippen LogP contribution < -0.4 is 10.6 Å². The van der Waals surface area contributed by atoms with E-state index in [-0.39, 0.29) is 35.6 Å². The summed E-state index contributed by atoms with van der Waals surface area (Å²) in [5, 5.41) is 15.8. The van der Waals surface area contributed by atoms with Crippen molar-refractivity contribution in [1.82, 2.24) is 25.4 Å². The molecule has 1 aromatic heterocycles. The molecule has 172 valence electrons. The summed E-state index contributed by atoms with van der Waals surface area (Å²) in [6, 6.07) is 6.84. The fraction of sp³-hybridized carbons (Fsp3) is 0.478. The number of halogens is 1. The van der Waals surface area contributed by atoms with Crippen molar-refractivity contribution >= 4 is 35.2 Å². The van der Waals surface area contributed by atoms with Crippen LogP contribution in [-0.2, 0) is 11.3 Å². The Morgan fingerprint density at radius 2 is 2.00 bits per heavy atom. The van der Waals surface area contributed by atoms with Crippen LogP contribution in [0, 0.1) is 5.92 Å². The Morgan fingerprint density at radius 3 is 2.66 bits per heavy atom. The third-order valence-corrected chi connectivity index (χ3v) is 6.76. The molecule has 0 saturated heterocycles. The zero-order chi connectivity index (χ0) is 23.1. The topological polar surface area (TPSA) is 88.9 Å². The van der Waals surface area contributed by atoms with Crippen LogP contribution in [0.4, 0.5) is 0 Å². The average Bonchev–Trinajstić information content (AvgIpc) is 3.41. The Balaban J connectivity index is 1.74. The Morgan fingerprint density at radius 1 is 1.28 bits per heavy atom. The van der Waals surface area contributed by atoms with Gasteiger partial charge in [-0.25, -0.2) is 0 Å². The predicted octanol–water partition coefficient (Wildman–Crippen LogP) is 4.40. The zero-order valence-corrected chi connectivity index (χ0v) is 20.1. The smallest absolute Gasteiger partial charge is 0.253 e. The second kappa shape index (κ2) is 11.5. The molecule has 2 aromatic rings. The molecule has 1 aliphatic carbocycles. The van der Waals surface area contributed by atoms with Crippen molar-refractivity contribution in [3.05, 3.63) is 53.3 Å². The summed E-state index contributed by atoms with van der Waals surface area (Å²) in [5.41, 5.74) is 0.410. The first kappa shape index (κ1) is 24.3. The van der Waals surface area contributed by atoms with Gasteiger partial charge in [0.15, 0.2) is 11.0 Å². The molecule has 0 bridgehead atoms. The zero-order valence-electron chi connectivity index (χ0n) is 18.5. The lowest BCUT2D eigenvalue weighted by Gasteiger charge is -2.23. The molecule has 7 nitrogen and oxygen atoms in total. The number of hydrogen-bond donors (Lipinski definition) is 2. The molecule has 0 spiro atoms. The van der Waals surface area contributed by atoms with Crippen LogP contribution in [0.25, 0.3) is 0 Å². The molecule has 1 unspecified atom stereocenters.